The average molecular weight is 287 g/mol. The van der Waals surface area contributed by atoms with Gasteiger partial charge in [-0.15, -0.1) is 0 Å². The quantitative estimate of drug-likeness (QED) is 0.663. The molecule has 1 amide bonds. The van der Waals surface area contributed by atoms with Crippen molar-refractivity contribution < 1.29 is 26.7 Å². The SMILES string of the molecule is O=C(Nc1cc(F)cc(F)c1F)c1cccc(F)c1F. The van der Waals surface area contributed by atoms with Crippen LogP contribution in [0.2, 0.25) is 0 Å². The van der Waals surface area contributed by atoms with Gasteiger partial charge >= 0.3 is 0 Å². The Morgan fingerprint density at radius 1 is 0.900 bits per heavy atom. The van der Waals surface area contributed by atoms with Gasteiger partial charge in [-0.3, -0.25) is 4.79 Å². The lowest BCUT2D eigenvalue weighted by Crippen LogP contribution is -2.16. The molecule has 0 aliphatic rings. The van der Waals surface area contributed by atoms with Gasteiger partial charge in [0.05, 0.1) is 11.3 Å². The molecular weight excluding hydrogens is 281 g/mol. The molecule has 0 heterocycles. The number of halogens is 5. The van der Waals surface area contributed by atoms with E-state index in [4.69, 9.17) is 0 Å². The molecule has 0 aliphatic heterocycles. The fourth-order valence-corrected chi connectivity index (χ4v) is 1.52. The third-order valence-electron chi connectivity index (χ3n) is 2.44. The number of carbonyl (C=O) groups excluding carboxylic acids is 1. The summed E-state index contributed by atoms with van der Waals surface area (Å²) in [4.78, 5) is 11.6. The monoisotopic (exact) mass is 287 g/mol. The second-order valence-electron chi connectivity index (χ2n) is 3.80. The molecule has 20 heavy (non-hydrogen) atoms. The van der Waals surface area contributed by atoms with E-state index in [2.05, 4.69) is 0 Å². The Morgan fingerprint density at radius 3 is 2.30 bits per heavy atom. The van der Waals surface area contributed by atoms with Crippen LogP contribution in [0.1, 0.15) is 10.4 Å². The molecular formula is C13H6F5NO. The van der Waals surface area contributed by atoms with Crippen molar-refractivity contribution in [3.05, 3.63) is 65.0 Å². The number of hydrogen-bond donors (Lipinski definition) is 1. The normalized spacial score (nSPS) is 10.4. The van der Waals surface area contributed by atoms with Crippen molar-refractivity contribution >= 4 is 11.6 Å². The van der Waals surface area contributed by atoms with Gasteiger partial charge in [-0.2, -0.15) is 0 Å². The van der Waals surface area contributed by atoms with Crippen molar-refractivity contribution in [3.8, 4) is 0 Å². The van der Waals surface area contributed by atoms with Crippen LogP contribution >= 0.6 is 0 Å². The molecule has 0 atom stereocenters. The molecule has 0 saturated carbocycles. The third kappa shape index (κ3) is 2.61. The number of nitrogens with one attached hydrogen (secondary N) is 1. The predicted octanol–water partition coefficient (Wildman–Crippen LogP) is 3.63. The maximum Gasteiger partial charge on any atom is 0.258 e. The Kier molecular flexibility index (Phi) is 3.69. The molecule has 0 bridgehead atoms. The molecule has 0 unspecified atom stereocenters. The van der Waals surface area contributed by atoms with Gasteiger partial charge in [0, 0.05) is 12.1 Å². The summed E-state index contributed by atoms with van der Waals surface area (Å²) in [6, 6.07) is 3.60. The first kappa shape index (κ1) is 14.0. The second-order valence-corrected chi connectivity index (χ2v) is 3.80. The minimum Gasteiger partial charge on any atom is -0.319 e. The largest absolute Gasteiger partial charge is 0.319 e. The van der Waals surface area contributed by atoms with E-state index < -0.39 is 46.2 Å². The molecule has 2 nitrogen and oxygen atoms in total. The van der Waals surface area contributed by atoms with Gasteiger partial charge in [0.15, 0.2) is 23.3 Å². The standard InChI is InChI=1S/C13H6F5NO/c14-6-4-9(16)12(18)10(5-6)19-13(20)7-2-1-3-8(15)11(7)17/h1-5H,(H,19,20). The lowest BCUT2D eigenvalue weighted by molar-refractivity contribution is 0.102. The number of benzene rings is 2. The summed E-state index contributed by atoms with van der Waals surface area (Å²) in [6.45, 7) is 0. The summed E-state index contributed by atoms with van der Waals surface area (Å²) < 4.78 is 65.4. The molecule has 0 saturated heterocycles. The van der Waals surface area contributed by atoms with Gasteiger partial charge in [-0.1, -0.05) is 6.07 Å². The Hall–Kier alpha value is -2.44. The van der Waals surface area contributed by atoms with E-state index in [-0.39, 0.29) is 6.07 Å². The Labute approximate surface area is 109 Å². The smallest absolute Gasteiger partial charge is 0.258 e. The van der Waals surface area contributed by atoms with Crippen molar-refractivity contribution in [2.75, 3.05) is 5.32 Å². The van der Waals surface area contributed by atoms with Crippen molar-refractivity contribution in [3.63, 3.8) is 0 Å². The summed E-state index contributed by atoms with van der Waals surface area (Å²) in [7, 11) is 0. The van der Waals surface area contributed by atoms with Gasteiger partial charge in [0.25, 0.3) is 5.91 Å². The predicted molar refractivity (Wildman–Crippen MR) is 60.6 cm³/mol. The van der Waals surface area contributed by atoms with Crippen LogP contribution in [0.25, 0.3) is 0 Å². The average Bonchev–Trinajstić information content (AvgIpc) is 2.38. The molecule has 0 spiro atoms. The van der Waals surface area contributed by atoms with Gasteiger partial charge in [-0.05, 0) is 12.1 Å². The van der Waals surface area contributed by atoms with E-state index in [9.17, 15) is 26.7 Å². The van der Waals surface area contributed by atoms with Gasteiger partial charge in [0.1, 0.15) is 5.82 Å². The zero-order chi connectivity index (χ0) is 14.9. The Bertz CT molecular complexity index is 687. The fourth-order valence-electron chi connectivity index (χ4n) is 1.52. The number of carbonyl (C=O) groups is 1. The topological polar surface area (TPSA) is 29.1 Å². The molecule has 0 fully saturated rings. The highest BCUT2D eigenvalue weighted by molar-refractivity contribution is 6.04. The van der Waals surface area contributed by atoms with Crippen molar-refractivity contribution in [2.45, 2.75) is 0 Å². The van der Waals surface area contributed by atoms with E-state index in [0.29, 0.717) is 6.07 Å². The molecule has 2 rings (SSSR count). The lowest BCUT2D eigenvalue weighted by atomic mass is 10.2. The van der Waals surface area contributed by atoms with E-state index in [1.54, 1.807) is 5.32 Å². The second kappa shape index (κ2) is 5.28. The van der Waals surface area contributed by atoms with Crippen LogP contribution in [0.4, 0.5) is 27.6 Å². The highest BCUT2D eigenvalue weighted by Crippen LogP contribution is 2.21. The molecule has 0 aliphatic carbocycles. The van der Waals surface area contributed by atoms with Gasteiger partial charge in [-0.25, -0.2) is 22.0 Å². The van der Waals surface area contributed by atoms with Crippen LogP contribution in [-0.2, 0) is 0 Å². The lowest BCUT2D eigenvalue weighted by Gasteiger charge is -2.08. The van der Waals surface area contributed by atoms with Crippen LogP contribution in [0.5, 0.6) is 0 Å². The van der Waals surface area contributed by atoms with E-state index in [0.717, 1.165) is 18.2 Å². The van der Waals surface area contributed by atoms with Crippen LogP contribution in [0.3, 0.4) is 0 Å². The van der Waals surface area contributed by atoms with Gasteiger partial charge < -0.3 is 5.32 Å². The molecule has 7 heteroatoms. The minimum absolute atomic E-state index is 0.285. The molecule has 2 aromatic carbocycles. The first-order valence-corrected chi connectivity index (χ1v) is 5.30. The number of hydrogen-bond acceptors (Lipinski definition) is 1. The number of anilines is 1. The molecule has 104 valence electrons. The zero-order valence-corrected chi connectivity index (χ0v) is 9.68. The molecule has 0 aromatic heterocycles. The number of amides is 1. The van der Waals surface area contributed by atoms with Crippen LogP contribution < -0.4 is 5.32 Å². The van der Waals surface area contributed by atoms with Crippen molar-refractivity contribution in [2.24, 2.45) is 0 Å². The van der Waals surface area contributed by atoms with E-state index in [1.807, 2.05) is 0 Å². The summed E-state index contributed by atoms with van der Waals surface area (Å²) in [5, 5.41) is 1.78. The molecule has 0 radical (unpaired) electrons. The third-order valence-corrected chi connectivity index (χ3v) is 2.44. The Morgan fingerprint density at radius 2 is 1.60 bits per heavy atom. The Balaban J connectivity index is 2.35. The zero-order valence-electron chi connectivity index (χ0n) is 9.68. The summed E-state index contributed by atoms with van der Waals surface area (Å²) in [6.07, 6.45) is 0. The van der Waals surface area contributed by atoms with Crippen molar-refractivity contribution in [1.29, 1.82) is 0 Å². The summed E-state index contributed by atoms with van der Waals surface area (Å²) in [5.74, 6) is -8.09. The maximum atomic E-state index is 13.3. The highest BCUT2D eigenvalue weighted by atomic mass is 19.2. The fraction of sp³-hybridized carbons (Fsp3) is 0. The van der Waals surface area contributed by atoms with Crippen LogP contribution in [0.15, 0.2) is 30.3 Å². The first-order valence-electron chi connectivity index (χ1n) is 5.30. The van der Waals surface area contributed by atoms with Crippen LogP contribution in [-0.4, -0.2) is 5.91 Å². The van der Waals surface area contributed by atoms with Gasteiger partial charge in [0.2, 0.25) is 0 Å². The summed E-state index contributed by atoms with van der Waals surface area (Å²) >= 11 is 0. The van der Waals surface area contributed by atoms with E-state index in [1.165, 1.54) is 0 Å². The van der Waals surface area contributed by atoms with E-state index >= 15 is 0 Å². The van der Waals surface area contributed by atoms with Crippen molar-refractivity contribution in [1.82, 2.24) is 0 Å². The van der Waals surface area contributed by atoms with Crippen LogP contribution in [0, 0.1) is 29.1 Å². The maximum absolute atomic E-state index is 13.3. The summed E-state index contributed by atoms with van der Waals surface area (Å²) in [5.41, 5.74) is -1.52. The minimum atomic E-state index is -1.51. The molecule has 2 aromatic rings. The number of rotatable bonds is 2. The first-order chi connectivity index (χ1) is 9.40. The highest BCUT2D eigenvalue weighted by Gasteiger charge is 2.18. The molecule has 1 N–H and O–H groups in total.